The molecule has 106 valence electrons. The summed E-state index contributed by atoms with van der Waals surface area (Å²) in [7, 11) is 0. The molecule has 0 bridgehead atoms. The maximum atomic E-state index is 11.8. The largest absolute Gasteiger partial charge is 0.386 e. The first kappa shape index (κ1) is 14.8. The number of carbonyl (C=O) groups excluding carboxylic acids is 1. The fourth-order valence-electron chi connectivity index (χ4n) is 2.45. The minimum atomic E-state index is -0.696. The molecule has 1 aliphatic carbocycles. The van der Waals surface area contributed by atoms with E-state index in [4.69, 9.17) is 17.3 Å². The summed E-state index contributed by atoms with van der Waals surface area (Å²) in [6, 6.07) is 3.66. The molecular formula is C13H19ClN2O2S. The molecule has 0 aliphatic heterocycles. The third-order valence-electron chi connectivity index (χ3n) is 3.58. The normalized spacial score (nSPS) is 24.4. The molecule has 1 aromatic rings. The van der Waals surface area contributed by atoms with Crippen LogP contribution < -0.4 is 11.1 Å². The molecule has 4 nitrogen and oxygen atoms in total. The summed E-state index contributed by atoms with van der Waals surface area (Å²) in [6.45, 7) is 0.220. The van der Waals surface area contributed by atoms with E-state index in [-0.39, 0.29) is 24.4 Å². The highest BCUT2D eigenvalue weighted by atomic mass is 35.5. The van der Waals surface area contributed by atoms with Crippen molar-refractivity contribution < 1.29 is 9.90 Å². The SMILES string of the molecule is N[C@@H]1CCC[C@H]1CC(=O)NCC(O)c1ccc(Cl)s1. The molecule has 3 atom stereocenters. The Morgan fingerprint density at radius 1 is 1.58 bits per heavy atom. The molecule has 0 spiro atoms. The predicted molar refractivity (Wildman–Crippen MR) is 77.2 cm³/mol. The minimum Gasteiger partial charge on any atom is -0.386 e. The molecule has 4 N–H and O–H groups in total. The van der Waals surface area contributed by atoms with Crippen molar-refractivity contribution >= 4 is 28.8 Å². The quantitative estimate of drug-likeness (QED) is 0.779. The van der Waals surface area contributed by atoms with E-state index in [0.29, 0.717) is 10.8 Å². The van der Waals surface area contributed by atoms with E-state index in [2.05, 4.69) is 5.32 Å². The van der Waals surface area contributed by atoms with Gasteiger partial charge in [0.2, 0.25) is 5.91 Å². The van der Waals surface area contributed by atoms with Crippen LogP contribution in [0.15, 0.2) is 12.1 Å². The van der Waals surface area contributed by atoms with Crippen molar-refractivity contribution in [3.8, 4) is 0 Å². The van der Waals surface area contributed by atoms with Crippen molar-refractivity contribution in [2.75, 3.05) is 6.54 Å². The second-order valence-electron chi connectivity index (χ2n) is 5.02. The van der Waals surface area contributed by atoms with Crippen molar-refractivity contribution in [1.82, 2.24) is 5.32 Å². The first-order valence-corrected chi connectivity index (χ1v) is 7.71. The number of hydrogen-bond acceptors (Lipinski definition) is 4. The number of nitrogens with two attached hydrogens (primary N) is 1. The first-order valence-electron chi connectivity index (χ1n) is 6.52. The zero-order valence-corrected chi connectivity index (χ0v) is 12.2. The second kappa shape index (κ2) is 6.70. The average molecular weight is 303 g/mol. The number of aliphatic hydroxyl groups excluding tert-OH is 1. The molecule has 1 aliphatic rings. The van der Waals surface area contributed by atoms with Crippen LogP contribution in [-0.4, -0.2) is 23.6 Å². The maximum Gasteiger partial charge on any atom is 0.220 e. The lowest BCUT2D eigenvalue weighted by molar-refractivity contribution is -0.122. The Morgan fingerprint density at radius 3 is 2.95 bits per heavy atom. The van der Waals surface area contributed by atoms with Crippen LogP contribution in [0.25, 0.3) is 0 Å². The Labute approximate surface area is 121 Å². The van der Waals surface area contributed by atoms with Gasteiger partial charge in [-0.25, -0.2) is 0 Å². The molecule has 1 amide bonds. The summed E-state index contributed by atoms with van der Waals surface area (Å²) < 4.78 is 0.636. The molecule has 1 saturated carbocycles. The molecule has 1 aromatic heterocycles. The third kappa shape index (κ3) is 4.18. The van der Waals surface area contributed by atoms with Gasteiger partial charge in [-0.05, 0) is 30.9 Å². The summed E-state index contributed by atoms with van der Waals surface area (Å²) in [5.41, 5.74) is 5.93. The summed E-state index contributed by atoms with van der Waals surface area (Å²) in [5, 5.41) is 12.7. The van der Waals surface area contributed by atoms with Crippen LogP contribution in [0.2, 0.25) is 4.34 Å². The van der Waals surface area contributed by atoms with Crippen molar-refractivity contribution in [3.05, 3.63) is 21.3 Å². The number of hydrogen-bond donors (Lipinski definition) is 3. The Bertz CT molecular complexity index is 438. The topological polar surface area (TPSA) is 75.4 Å². The Hall–Kier alpha value is -0.620. The molecule has 1 unspecified atom stereocenters. The number of aliphatic hydroxyl groups is 1. The average Bonchev–Trinajstić information content (AvgIpc) is 2.96. The van der Waals surface area contributed by atoms with Crippen molar-refractivity contribution in [2.24, 2.45) is 11.7 Å². The van der Waals surface area contributed by atoms with Gasteiger partial charge in [0, 0.05) is 23.9 Å². The predicted octanol–water partition coefficient (Wildman–Crippen LogP) is 2.07. The summed E-state index contributed by atoms with van der Waals surface area (Å²) in [4.78, 5) is 12.6. The highest BCUT2D eigenvalue weighted by Crippen LogP contribution is 2.28. The van der Waals surface area contributed by atoms with Crippen LogP contribution in [-0.2, 0) is 4.79 Å². The van der Waals surface area contributed by atoms with Gasteiger partial charge in [-0.2, -0.15) is 0 Å². The van der Waals surface area contributed by atoms with Gasteiger partial charge in [0.25, 0.3) is 0 Å². The van der Waals surface area contributed by atoms with Gasteiger partial charge in [-0.1, -0.05) is 18.0 Å². The molecule has 19 heavy (non-hydrogen) atoms. The van der Waals surface area contributed by atoms with E-state index >= 15 is 0 Å². The highest BCUT2D eigenvalue weighted by Gasteiger charge is 2.26. The molecule has 1 heterocycles. The zero-order valence-electron chi connectivity index (χ0n) is 10.6. The van der Waals surface area contributed by atoms with Gasteiger partial charge in [-0.15, -0.1) is 11.3 Å². The zero-order chi connectivity index (χ0) is 13.8. The van der Waals surface area contributed by atoms with E-state index in [1.165, 1.54) is 11.3 Å². The number of nitrogens with one attached hydrogen (secondary N) is 1. The molecule has 0 radical (unpaired) electrons. The highest BCUT2D eigenvalue weighted by molar-refractivity contribution is 7.16. The van der Waals surface area contributed by atoms with E-state index in [1.807, 2.05) is 0 Å². The fraction of sp³-hybridized carbons (Fsp3) is 0.615. The van der Waals surface area contributed by atoms with Crippen LogP contribution >= 0.6 is 22.9 Å². The van der Waals surface area contributed by atoms with Gasteiger partial charge in [0.1, 0.15) is 6.10 Å². The van der Waals surface area contributed by atoms with E-state index in [9.17, 15) is 9.90 Å². The number of rotatable bonds is 5. The van der Waals surface area contributed by atoms with Crippen LogP contribution in [0.3, 0.4) is 0 Å². The fourth-order valence-corrected chi connectivity index (χ4v) is 3.49. The van der Waals surface area contributed by atoms with E-state index < -0.39 is 6.10 Å². The lowest BCUT2D eigenvalue weighted by atomic mass is 10.00. The monoisotopic (exact) mass is 302 g/mol. The third-order valence-corrected chi connectivity index (χ3v) is 4.91. The van der Waals surface area contributed by atoms with Crippen LogP contribution in [0.1, 0.15) is 36.7 Å². The lowest BCUT2D eigenvalue weighted by Crippen LogP contribution is -2.33. The molecule has 0 aromatic carbocycles. The Kier molecular flexibility index (Phi) is 5.21. The standard InChI is InChI=1S/C13H19ClN2O2S/c14-12-5-4-11(19-12)10(17)7-16-13(18)6-8-2-1-3-9(8)15/h4-5,8-10,17H,1-3,6-7,15H2,(H,16,18)/t8-,9+,10?/m0/s1. The van der Waals surface area contributed by atoms with Crippen LogP contribution in [0.4, 0.5) is 0 Å². The number of carbonyl (C=O) groups is 1. The van der Waals surface area contributed by atoms with Gasteiger partial charge in [0.05, 0.1) is 4.34 Å². The first-order chi connectivity index (χ1) is 9.06. The molecule has 1 fully saturated rings. The van der Waals surface area contributed by atoms with Crippen molar-refractivity contribution in [3.63, 3.8) is 0 Å². The molecular weight excluding hydrogens is 284 g/mol. The van der Waals surface area contributed by atoms with Crippen LogP contribution in [0, 0.1) is 5.92 Å². The summed E-state index contributed by atoms with van der Waals surface area (Å²) in [5.74, 6) is 0.248. The smallest absolute Gasteiger partial charge is 0.220 e. The summed E-state index contributed by atoms with van der Waals surface area (Å²) in [6.07, 6.45) is 2.90. The van der Waals surface area contributed by atoms with Crippen molar-refractivity contribution in [1.29, 1.82) is 0 Å². The van der Waals surface area contributed by atoms with E-state index in [1.54, 1.807) is 12.1 Å². The van der Waals surface area contributed by atoms with Gasteiger partial charge >= 0.3 is 0 Å². The number of halogens is 1. The Morgan fingerprint density at radius 2 is 2.37 bits per heavy atom. The molecule has 0 saturated heterocycles. The van der Waals surface area contributed by atoms with E-state index in [0.717, 1.165) is 24.1 Å². The maximum absolute atomic E-state index is 11.8. The minimum absolute atomic E-state index is 0.0379. The van der Waals surface area contributed by atoms with Crippen molar-refractivity contribution in [2.45, 2.75) is 37.8 Å². The Balaban J connectivity index is 1.74. The molecule has 6 heteroatoms. The number of thiophene rings is 1. The van der Waals surface area contributed by atoms with Gasteiger partial charge in [-0.3, -0.25) is 4.79 Å². The number of amides is 1. The second-order valence-corrected chi connectivity index (χ2v) is 6.77. The lowest BCUT2D eigenvalue weighted by Gasteiger charge is -2.16. The molecule has 2 rings (SSSR count). The summed E-state index contributed by atoms with van der Waals surface area (Å²) >= 11 is 7.13. The van der Waals surface area contributed by atoms with Gasteiger partial charge < -0.3 is 16.2 Å². The van der Waals surface area contributed by atoms with Gasteiger partial charge in [0.15, 0.2) is 0 Å². The van der Waals surface area contributed by atoms with Crippen LogP contribution in [0.5, 0.6) is 0 Å².